The average Bonchev–Trinajstić information content (AvgIpc) is 2.81. The number of aromatic nitrogens is 1. The third-order valence-electron chi connectivity index (χ3n) is 2.44. The second-order valence-electron chi connectivity index (χ2n) is 3.54. The van der Waals surface area contributed by atoms with Crippen LogP contribution < -0.4 is 5.73 Å². The molecule has 1 unspecified atom stereocenters. The van der Waals surface area contributed by atoms with E-state index in [-0.39, 0.29) is 11.9 Å². The van der Waals surface area contributed by atoms with Crippen molar-refractivity contribution in [3.63, 3.8) is 0 Å². The quantitative estimate of drug-likeness (QED) is 0.883. The Kier molecular flexibility index (Phi) is 3.51. The van der Waals surface area contributed by atoms with Gasteiger partial charge in [-0.1, -0.05) is 0 Å². The molecule has 1 aromatic carbocycles. The zero-order chi connectivity index (χ0) is 12.3. The summed E-state index contributed by atoms with van der Waals surface area (Å²) < 4.78 is 23.2. The number of hydrogen-bond donors (Lipinski definition) is 1. The van der Waals surface area contributed by atoms with Crippen LogP contribution in [-0.2, 0) is 4.74 Å². The Morgan fingerprint density at radius 1 is 1.41 bits per heavy atom. The maximum absolute atomic E-state index is 12.8. The summed E-state index contributed by atoms with van der Waals surface area (Å²) in [6.07, 6.45) is 1.22. The lowest BCUT2D eigenvalue weighted by molar-refractivity contribution is 0.107. The summed E-state index contributed by atoms with van der Waals surface area (Å²) in [5, 5.41) is 0. The highest BCUT2D eigenvalue weighted by atomic mass is 19.1. The molecular weight excluding hydrogens is 223 g/mol. The van der Waals surface area contributed by atoms with Gasteiger partial charge in [0, 0.05) is 19.2 Å². The minimum atomic E-state index is -0.294. The molecule has 0 bridgehead atoms. The zero-order valence-corrected chi connectivity index (χ0v) is 9.39. The topological polar surface area (TPSA) is 61.3 Å². The van der Waals surface area contributed by atoms with Crippen molar-refractivity contribution in [2.24, 2.45) is 5.73 Å². The Labute approximate surface area is 98.2 Å². The lowest BCUT2D eigenvalue weighted by Gasteiger charge is -2.07. The van der Waals surface area contributed by atoms with Gasteiger partial charge in [0.1, 0.15) is 23.9 Å². The molecule has 0 radical (unpaired) electrons. The predicted molar refractivity (Wildman–Crippen MR) is 60.7 cm³/mol. The number of nitrogens with two attached hydrogens (primary N) is 1. The minimum Gasteiger partial charge on any atom is -0.444 e. The first-order valence-corrected chi connectivity index (χ1v) is 5.19. The van der Waals surface area contributed by atoms with Crippen molar-refractivity contribution in [2.75, 3.05) is 13.7 Å². The van der Waals surface area contributed by atoms with Gasteiger partial charge in [0.25, 0.3) is 0 Å². The van der Waals surface area contributed by atoms with Crippen molar-refractivity contribution in [2.45, 2.75) is 6.10 Å². The first-order chi connectivity index (χ1) is 8.24. The molecule has 2 rings (SSSR count). The molecule has 0 amide bonds. The summed E-state index contributed by atoms with van der Waals surface area (Å²) in [5.41, 5.74) is 6.87. The molecule has 1 atom stereocenters. The van der Waals surface area contributed by atoms with Gasteiger partial charge in [-0.05, 0) is 24.3 Å². The highest BCUT2D eigenvalue weighted by molar-refractivity contribution is 5.52. The fourth-order valence-electron chi connectivity index (χ4n) is 1.50. The van der Waals surface area contributed by atoms with E-state index in [0.717, 1.165) is 0 Å². The molecule has 90 valence electrons. The van der Waals surface area contributed by atoms with Gasteiger partial charge in [0.05, 0.1) is 0 Å². The molecule has 2 N–H and O–H groups in total. The highest BCUT2D eigenvalue weighted by Crippen LogP contribution is 2.22. The second-order valence-corrected chi connectivity index (χ2v) is 3.54. The summed E-state index contributed by atoms with van der Waals surface area (Å²) in [6.45, 7) is 0.325. The van der Waals surface area contributed by atoms with Crippen LogP contribution in [-0.4, -0.2) is 18.6 Å². The van der Waals surface area contributed by atoms with Gasteiger partial charge in [-0.25, -0.2) is 9.37 Å². The Balaban J connectivity index is 2.26. The van der Waals surface area contributed by atoms with Gasteiger partial charge in [0.2, 0.25) is 5.89 Å². The second kappa shape index (κ2) is 5.07. The lowest BCUT2D eigenvalue weighted by Crippen LogP contribution is -2.14. The zero-order valence-electron chi connectivity index (χ0n) is 9.39. The number of halogens is 1. The van der Waals surface area contributed by atoms with Crippen molar-refractivity contribution in [3.05, 3.63) is 42.0 Å². The van der Waals surface area contributed by atoms with Crippen LogP contribution in [0.2, 0.25) is 0 Å². The number of ether oxygens (including phenoxy) is 1. The van der Waals surface area contributed by atoms with Crippen LogP contribution in [0, 0.1) is 5.82 Å². The molecule has 0 spiro atoms. The van der Waals surface area contributed by atoms with Crippen molar-refractivity contribution >= 4 is 0 Å². The van der Waals surface area contributed by atoms with E-state index in [2.05, 4.69) is 4.98 Å². The number of hydrogen-bond acceptors (Lipinski definition) is 4. The van der Waals surface area contributed by atoms with Crippen LogP contribution >= 0.6 is 0 Å². The summed E-state index contributed by atoms with van der Waals surface area (Å²) in [4.78, 5) is 4.26. The van der Waals surface area contributed by atoms with E-state index in [1.54, 1.807) is 19.2 Å². The maximum atomic E-state index is 12.8. The van der Waals surface area contributed by atoms with Crippen molar-refractivity contribution in [1.82, 2.24) is 4.98 Å². The first-order valence-electron chi connectivity index (χ1n) is 5.19. The van der Waals surface area contributed by atoms with Gasteiger partial charge in [-0.15, -0.1) is 0 Å². The molecule has 1 heterocycles. The van der Waals surface area contributed by atoms with Crippen LogP contribution in [0.15, 0.2) is 34.9 Å². The van der Waals surface area contributed by atoms with E-state index in [0.29, 0.717) is 23.7 Å². The van der Waals surface area contributed by atoms with E-state index in [9.17, 15) is 4.39 Å². The fourth-order valence-corrected chi connectivity index (χ4v) is 1.50. The largest absolute Gasteiger partial charge is 0.444 e. The Bertz CT molecular complexity index is 478. The molecule has 0 saturated carbocycles. The molecule has 2 aromatic rings. The van der Waals surface area contributed by atoms with Crippen molar-refractivity contribution < 1.29 is 13.5 Å². The molecule has 0 saturated heterocycles. The smallest absolute Gasteiger partial charge is 0.226 e. The van der Waals surface area contributed by atoms with E-state index < -0.39 is 0 Å². The van der Waals surface area contributed by atoms with Gasteiger partial charge < -0.3 is 14.9 Å². The maximum Gasteiger partial charge on any atom is 0.226 e. The average molecular weight is 236 g/mol. The van der Waals surface area contributed by atoms with Crippen LogP contribution in [0.3, 0.4) is 0 Å². The summed E-state index contributed by atoms with van der Waals surface area (Å²) >= 11 is 0. The fraction of sp³-hybridized carbons (Fsp3) is 0.250. The standard InChI is InChI=1S/C12H13FN2O2/c1-16-11(6-14)10-7-17-12(15-10)8-2-4-9(13)5-3-8/h2-5,7,11H,6,14H2,1H3. The molecule has 0 fully saturated rings. The third-order valence-corrected chi connectivity index (χ3v) is 2.44. The molecule has 0 aliphatic carbocycles. The van der Waals surface area contributed by atoms with Crippen LogP contribution in [0.4, 0.5) is 4.39 Å². The number of oxazole rings is 1. The SMILES string of the molecule is COC(CN)c1coc(-c2ccc(F)cc2)n1. The number of rotatable bonds is 4. The van der Waals surface area contributed by atoms with Crippen molar-refractivity contribution in [1.29, 1.82) is 0 Å². The Hall–Kier alpha value is -1.72. The van der Waals surface area contributed by atoms with Gasteiger partial charge in [-0.3, -0.25) is 0 Å². The predicted octanol–water partition coefficient (Wildman–Crippen LogP) is 2.13. The molecule has 17 heavy (non-hydrogen) atoms. The summed E-state index contributed by atoms with van der Waals surface area (Å²) in [5.74, 6) is 0.132. The van der Waals surface area contributed by atoms with Crippen LogP contribution in [0.1, 0.15) is 11.8 Å². The van der Waals surface area contributed by atoms with E-state index >= 15 is 0 Å². The van der Waals surface area contributed by atoms with Crippen LogP contribution in [0.25, 0.3) is 11.5 Å². The molecule has 0 aliphatic heterocycles. The molecule has 1 aromatic heterocycles. The number of nitrogens with zero attached hydrogens (tertiary/aromatic N) is 1. The normalized spacial score (nSPS) is 12.6. The number of methoxy groups -OCH3 is 1. The monoisotopic (exact) mass is 236 g/mol. The number of benzene rings is 1. The Morgan fingerprint density at radius 3 is 2.71 bits per heavy atom. The van der Waals surface area contributed by atoms with Crippen molar-refractivity contribution in [3.8, 4) is 11.5 Å². The highest BCUT2D eigenvalue weighted by Gasteiger charge is 2.14. The van der Waals surface area contributed by atoms with Gasteiger partial charge in [0.15, 0.2) is 0 Å². The summed E-state index contributed by atoms with van der Waals surface area (Å²) in [7, 11) is 1.56. The molecule has 0 aliphatic rings. The van der Waals surface area contributed by atoms with Gasteiger partial charge >= 0.3 is 0 Å². The summed E-state index contributed by atoms with van der Waals surface area (Å²) in [6, 6.07) is 5.93. The lowest BCUT2D eigenvalue weighted by atomic mass is 10.2. The Morgan fingerprint density at radius 2 is 2.12 bits per heavy atom. The molecular formula is C12H13FN2O2. The molecule has 4 nitrogen and oxygen atoms in total. The van der Waals surface area contributed by atoms with E-state index in [1.807, 2.05) is 0 Å². The minimum absolute atomic E-state index is 0.284. The molecule has 5 heteroatoms. The third kappa shape index (κ3) is 2.51. The first kappa shape index (κ1) is 11.8. The van der Waals surface area contributed by atoms with E-state index in [4.69, 9.17) is 14.9 Å². The van der Waals surface area contributed by atoms with E-state index in [1.165, 1.54) is 18.4 Å². The van der Waals surface area contributed by atoms with Gasteiger partial charge in [-0.2, -0.15) is 0 Å². The van der Waals surface area contributed by atoms with Crippen LogP contribution in [0.5, 0.6) is 0 Å².